The number of nitrogens with zero attached hydrogens (tertiary/aromatic N) is 3. The topological polar surface area (TPSA) is 140 Å². The Labute approximate surface area is 212 Å². The van der Waals surface area contributed by atoms with Crippen LogP contribution in [-0.2, 0) is 14.6 Å². The lowest BCUT2D eigenvalue weighted by atomic mass is 10.1. The van der Waals surface area contributed by atoms with Gasteiger partial charge in [-0.05, 0) is 35.9 Å². The molecule has 0 bridgehead atoms. The van der Waals surface area contributed by atoms with Gasteiger partial charge in [-0.3, -0.25) is 10.2 Å². The van der Waals surface area contributed by atoms with Gasteiger partial charge >= 0.3 is 0 Å². The summed E-state index contributed by atoms with van der Waals surface area (Å²) in [5.74, 6) is 1.08. The molecule has 2 aliphatic rings. The third kappa shape index (κ3) is 5.21. The zero-order valence-electron chi connectivity index (χ0n) is 19.5. The number of hydrogen-bond acceptors (Lipinski definition) is 10. The van der Waals surface area contributed by atoms with Crippen LogP contribution in [0.15, 0.2) is 57.4 Å². The van der Waals surface area contributed by atoms with Gasteiger partial charge in [-0.25, -0.2) is 13.3 Å². The molecule has 1 N–H and O–H groups in total. The van der Waals surface area contributed by atoms with E-state index in [9.17, 15) is 13.2 Å². The molecule has 2 heterocycles. The van der Waals surface area contributed by atoms with Gasteiger partial charge in [0.2, 0.25) is 20.2 Å². The van der Waals surface area contributed by atoms with Crippen molar-refractivity contribution in [3.05, 3.63) is 53.6 Å². The molecule has 2 aliphatic heterocycles. The van der Waals surface area contributed by atoms with E-state index in [4.69, 9.17) is 24.4 Å². The highest BCUT2D eigenvalue weighted by Gasteiger charge is 2.41. The average Bonchev–Trinajstić information content (AvgIpc) is 3.29. The Balaban J connectivity index is 1.48. The molecule has 188 valence electrons. The zero-order valence-corrected chi connectivity index (χ0v) is 21.2. The summed E-state index contributed by atoms with van der Waals surface area (Å²) in [6.07, 6.45) is 2.42. The van der Waals surface area contributed by atoms with Gasteiger partial charge in [0, 0.05) is 6.26 Å². The van der Waals surface area contributed by atoms with E-state index in [0.29, 0.717) is 28.6 Å². The molecule has 0 saturated heterocycles. The fraction of sp³-hybridized carbons (Fsp3) is 0.217. The molecule has 0 fully saturated rings. The Morgan fingerprint density at radius 1 is 1.00 bits per heavy atom. The minimum absolute atomic E-state index is 0.0271. The quantitative estimate of drug-likeness (QED) is 0.310. The molecule has 0 aliphatic carbocycles. The molecule has 1 amide bonds. The number of sulfone groups is 1. The average molecular weight is 531 g/mol. The lowest BCUT2D eigenvalue weighted by Gasteiger charge is -2.23. The summed E-state index contributed by atoms with van der Waals surface area (Å²) >= 11 is 0.737. The van der Waals surface area contributed by atoms with Crippen LogP contribution in [0.1, 0.15) is 5.56 Å². The second-order valence-electron chi connectivity index (χ2n) is 7.44. The number of amides is 1. The zero-order chi connectivity index (χ0) is 25.9. The first kappa shape index (κ1) is 25.3. The van der Waals surface area contributed by atoms with Crippen LogP contribution in [0.4, 0.5) is 0 Å². The fourth-order valence-electron chi connectivity index (χ4n) is 3.34. The molecule has 36 heavy (non-hydrogen) atoms. The largest absolute Gasteiger partial charge is 0.493 e. The molecule has 13 heteroatoms. The van der Waals surface area contributed by atoms with Crippen LogP contribution in [0.5, 0.6) is 23.0 Å². The Morgan fingerprint density at radius 3 is 2.28 bits per heavy atom. The first-order chi connectivity index (χ1) is 17.2. The summed E-state index contributed by atoms with van der Waals surface area (Å²) in [6, 6.07) is 12.3. The van der Waals surface area contributed by atoms with Crippen molar-refractivity contribution in [2.24, 2.45) is 9.39 Å². The van der Waals surface area contributed by atoms with Crippen molar-refractivity contribution in [1.29, 1.82) is 5.41 Å². The van der Waals surface area contributed by atoms with E-state index in [1.54, 1.807) is 37.4 Å². The maximum atomic E-state index is 12.6. The number of methoxy groups -OCH3 is 2. The molecule has 11 nitrogen and oxygen atoms in total. The Bertz CT molecular complexity index is 1420. The molecule has 0 spiro atoms. The van der Waals surface area contributed by atoms with Gasteiger partial charge in [0.25, 0.3) is 5.91 Å². The molecule has 0 atom stereocenters. The standard InChI is InChI=1S/C23H22N4O7S2/c1-31-16-6-4-5-7-17(16)33-10-11-34-18-9-8-14(13-19(18)32-2)12-15-20(24)27-22(25-21(15)28)35-26-23(27)36(3,29)30/h4-9,12-13,24H,10-11H2,1-3H3/b15-12-,24-20?. The van der Waals surface area contributed by atoms with Gasteiger partial charge in [0.15, 0.2) is 23.0 Å². The van der Waals surface area contributed by atoms with Crippen molar-refractivity contribution in [3.8, 4) is 23.0 Å². The Hall–Kier alpha value is -3.84. The first-order valence-corrected chi connectivity index (χ1v) is 13.1. The molecule has 2 aromatic rings. The van der Waals surface area contributed by atoms with Gasteiger partial charge in [-0.2, -0.15) is 9.39 Å². The number of carbonyl (C=O) groups excluding carboxylic acids is 1. The van der Waals surface area contributed by atoms with Crippen molar-refractivity contribution in [1.82, 2.24) is 4.90 Å². The van der Waals surface area contributed by atoms with E-state index >= 15 is 0 Å². The van der Waals surface area contributed by atoms with Crippen molar-refractivity contribution < 1.29 is 32.2 Å². The van der Waals surface area contributed by atoms with Crippen LogP contribution in [-0.4, -0.2) is 69.1 Å². The summed E-state index contributed by atoms with van der Waals surface area (Å²) < 4.78 is 50.1. The minimum Gasteiger partial charge on any atom is -0.493 e. The third-order valence-electron chi connectivity index (χ3n) is 4.99. The fourth-order valence-corrected chi connectivity index (χ4v) is 5.18. The monoisotopic (exact) mass is 530 g/mol. The maximum Gasteiger partial charge on any atom is 0.283 e. The van der Waals surface area contributed by atoms with Crippen molar-refractivity contribution in [3.63, 3.8) is 0 Å². The lowest BCUT2D eigenvalue weighted by Crippen LogP contribution is -2.45. The number of benzene rings is 2. The highest BCUT2D eigenvalue weighted by atomic mass is 32.2. The van der Waals surface area contributed by atoms with Gasteiger partial charge in [-0.15, -0.1) is 0 Å². The number of amidine groups is 3. The number of rotatable bonds is 8. The van der Waals surface area contributed by atoms with E-state index in [-0.39, 0.29) is 35.0 Å². The summed E-state index contributed by atoms with van der Waals surface area (Å²) in [5, 5.41) is 8.12. The van der Waals surface area contributed by atoms with Gasteiger partial charge < -0.3 is 18.9 Å². The molecular weight excluding hydrogens is 508 g/mol. The predicted octanol–water partition coefficient (Wildman–Crippen LogP) is 2.78. The van der Waals surface area contributed by atoms with Crippen LogP contribution < -0.4 is 18.9 Å². The van der Waals surface area contributed by atoms with Crippen LogP contribution in [0.25, 0.3) is 6.08 Å². The minimum atomic E-state index is -3.73. The molecule has 0 radical (unpaired) electrons. The van der Waals surface area contributed by atoms with Crippen molar-refractivity contribution in [2.45, 2.75) is 0 Å². The van der Waals surface area contributed by atoms with E-state index in [1.165, 1.54) is 13.2 Å². The van der Waals surface area contributed by atoms with E-state index in [0.717, 1.165) is 23.1 Å². The predicted molar refractivity (Wildman–Crippen MR) is 137 cm³/mol. The Kier molecular flexibility index (Phi) is 7.31. The molecule has 0 aromatic heterocycles. The Morgan fingerprint density at radius 2 is 1.64 bits per heavy atom. The second kappa shape index (κ2) is 10.4. The summed E-state index contributed by atoms with van der Waals surface area (Å²) in [6.45, 7) is 0.495. The van der Waals surface area contributed by atoms with E-state index in [2.05, 4.69) is 9.39 Å². The second-order valence-corrected chi connectivity index (χ2v) is 10.1. The van der Waals surface area contributed by atoms with Gasteiger partial charge in [0.1, 0.15) is 19.0 Å². The first-order valence-electron chi connectivity index (χ1n) is 10.5. The van der Waals surface area contributed by atoms with Crippen LogP contribution in [0.3, 0.4) is 0 Å². The number of carbonyl (C=O) groups is 1. The number of aliphatic imine (C=N–C) groups is 1. The van der Waals surface area contributed by atoms with E-state index < -0.39 is 15.7 Å². The molecule has 0 unspecified atom stereocenters. The SMILES string of the molecule is COc1ccccc1OCCOc1ccc(/C=C2/C(=N)N3C(=NC2=O)SN=C3S(C)(=O)=O)cc1OC. The molecule has 4 rings (SSSR count). The van der Waals surface area contributed by atoms with E-state index in [1.807, 2.05) is 12.1 Å². The summed E-state index contributed by atoms with van der Waals surface area (Å²) in [5.41, 5.74) is 0.444. The molecule has 2 aromatic carbocycles. The number of para-hydroxylation sites is 2. The van der Waals surface area contributed by atoms with Crippen molar-refractivity contribution >= 4 is 49.9 Å². The van der Waals surface area contributed by atoms with Crippen LogP contribution in [0.2, 0.25) is 0 Å². The lowest BCUT2D eigenvalue weighted by molar-refractivity contribution is -0.114. The normalized spacial score (nSPS) is 16.4. The molecular formula is C23H22N4O7S2. The van der Waals surface area contributed by atoms with Crippen LogP contribution in [0, 0.1) is 5.41 Å². The maximum absolute atomic E-state index is 12.6. The number of nitrogens with one attached hydrogen (secondary N) is 1. The molecule has 0 saturated carbocycles. The number of hydrogen-bond donors (Lipinski definition) is 1. The van der Waals surface area contributed by atoms with Crippen molar-refractivity contribution in [2.75, 3.05) is 33.7 Å². The summed E-state index contributed by atoms with van der Waals surface area (Å²) in [7, 11) is -0.685. The third-order valence-corrected chi connectivity index (χ3v) is 6.75. The number of fused-ring (bicyclic) bond motifs is 1. The smallest absolute Gasteiger partial charge is 0.283 e. The number of ether oxygens (including phenoxy) is 4. The highest BCUT2D eigenvalue weighted by molar-refractivity contribution is 8.16. The highest BCUT2D eigenvalue weighted by Crippen LogP contribution is 2.32. The van der Waals surface area contributed by atoms with Crippen LogP contribution >= 0.6 is 11.9 Å². The summed E-state index contributed by atoms with van der Waals surface area (Å²) in [4.78, 5) is 17.5. The van der Waals surface area contributed by atoms with Gasteiger partial charge in [0.05, 0.1) is 31.7 Å². The van der Waals surface area contributed by atoms with Gasteiger partial charge in [-0.1, -0.05) is 18.2 Å².